The molecule has 1 aromatic carbocycles. The van der Waals surface area contributed by atoms with E-state index >= 15 is 0 Å². The number of anilines is 1. The van der Waals surface area contributed by atoms with Gasteiger partial charge in [0.05, 0.1) is 13.1 Å². The van der Waals surface area contributed by atoms with Gasteiger partial charge in [-0.15, -0.1) is 0 Å². The smallest absolute Gasteiger partial charge is 0.238 e. The minimum atomic E-state index is -0.266. The summed E-state index contributed by atoms with van der Waals surface area (Å²) in [6.07, 6.45) is 0. The largest absolute Gasteiger partial charge is 0.350 e. The summed E-state index contributed by atoms with van der Waals surface area (Å²) >= 11 is 0. The molecule has 0 spiro atoms. The highest BCUT2D eigenvalue weighted by Crippen LogP contribution is 2.17. The lowest BCUT2D eigenvalue weighted by Crippen LogP contribution is -2.47. The molecule has 0 aliphatic carbocycles. The van der Waals surface area contributed by atoms with Crippen molar-refractivity contribution >= 4 is 17.5 Å². The lowest BCUT2D eigenvalue weighted by Gasteiger charge is -2.24. The van der Waals surface area contributed by atoms with Crippen LogP contribution in [-0.2, 0) is 9.59 Å². The van der Waals surface area contributed by atoms with Gasteiger partial charge in [-0.05, 0) is 58.4 Å². The van der Waals surface area contributed by atoms with Crippen LogP contribution in [0.3, 0.4) is 0 Å². The summed E-state index contributed by atoms with van der Waals surface area (Å²) in [6.45, 7) is 12.8. The highest BCUT2D eigenvalue weighted by Gasteiger charge is 2.18. The van der Waals surface area contributed by atoms with E-state index in [4.69, 9.17) is 0 Å². The maximum absolute atomic E-state index is 12.2. The summed E-state index contributed by atoms with van der Waals surface area (Å²) in [7, 11) is 0. The molecule has 0 radical (unpaired) electrons. The number of carbonyl (C=O) groups is 2. The zero-order chi connectivity index (χ0) is 17.6. The second-order valence-electron chi connectivity index (χ2n) is 6.90. The Morgan fingerprint density at radius 3 is 2.26 bits per heavy atom. The van der Waals surface area contributed by atoms with Gasteiger partial charge in [-0.3, -0.25) is 14.5 Å². The molecule has 2 N–H and O–H groups in total. The van der Waals surface area contributed by atoms with Crippen LogP contribution < -0.4 is 10.6 Å². The summed E-state index contributed by atoms with van der Waals surface area (Å²) in [4.78, 5) is 26.0. The molecular weight excluding hydrogens is 290 g/mol. The first kappa shape index (κ1) is 19.2. The Morgan fingerprint density at radius 1 is 1.09 bits per heavy atom. The van der Waals surface area contributed by atoms with Crippen molar-refractivity contribution in [2.24, 2.45) is 0 Å². The molecule has 1 aromatic rings. The van der Waals surface area contributed by atoms with Crippen molar-refractivity contribution in [3.8, 4) is 0 Å². The number of rotatable bonds is 6. The molecular formula is C18H29N3O2. The van der Waals surface area contributed by atoms with Gasteiger partial charge >= 0.3 is 0 Å². The van der Waals surface area contributed by atoms with Gasteiger partial charge in [-0.25, -0.2) is 0 Å². The number of aryl methyl sites for hydroxylation is 1. The van der Waals surface area contributed by atoms with E-state index in [1.807, 2.05) is 64.6 Å². The molecule has 0 saturated carbocycles. The van der Waals surface area contributed by atoms with Gasteiger partial charge in [0.2, 0.25) is 11.8 Å². The minimum Gasteiger partial charge on any atom is -0.350 e. The molecule has 0 heterocycles. The fourth-order valence-electron chi connectivity index (χ4n) is 2.22. The number of nitrogens with one attached hydrogen (secondary N) is 2. The molecule has 0 aliphatic rings. The Kier molecular flexibility index (Phi) is 6.76. The van der Waals surface area contributed by atoms with Gasteiger partial charge in [-0.2, -0.15) is 0 Å². The van der Waals surface area contributed by atoms with Gasteiger partial charge in [-0.1, -0.05) is 19.1 Å². The lowest BCUT2D eigenvalue weighted by atomic mass is 10.1. The Hall–Kier alpha value is -1.88. The van der Waals surface area contributed by atoms with Crippen LogP contribution in [0.2, 0.25) is 0 Å². The second-order valence-corrected chi connectivity index (χ2v) is 6.90. The fraction of sp³-hybridized carbons (Fsp3) is 0.556. The second kappa shape index (κ2) is 8.11. The molecule has 0 aliphatic heterocycles. The molecule has 0 bridgehead atoms. The van der Waals surface area contributed by atoms with Crippen LogP contribution in [0.4, 0.5) is 5.69 Å². The van der Waals surface area contributed by atoms with Crippen molar-refractivity contribution in [1.82, 2.24) is 10.2 Å². The molecule has 0 fully saturated rings. The minimum absolute atomic E-state index is 0.0705. The Balaban J connectivity index is 2.60. The number of hydrogen-bond acceptors (Lipinski definition) is 3. The zero-order valence-electron chi connectivity index (χ0n) is 15.1. The van der Waals surface area contributed by atoms with Crippen LogP contribution in [0.25, 0.3) is 0 Å². The van der Waals surface area contributed by atoms with Gasteiger partial charge in [0.25, 0.3) is 0 Å². The molecule has 5 heteroatoms. The van der Waals surface area contributed by atoms with Crippen LogP contribution in [0.1, 0.15) is 38.8 Å². The Bertz CT molecular complexity index is 562. The van der Waals surface area contributed by atoms with Gasteiger partial charge in [0.1, 0.15) is 0 Å². The Labute approximate surface area is 139 Å². The van der Waals surface area contributed by atoms with Crippen molar-refractivity contribution in [3.63, 3.8) is 0 Å². The molecule has 5 nitrogen and oxygen atoms in total. The van der Waals surface area contributed by atoms with Gasteiger partial charge < -0.3 is 10.6 Å². The van der Waals surface area contributed by atoms with E-state index in [1.165, 1.54) is 0 Å². The zero-order valence-corrected chi connectivity index (χ0v) is 15.1. The number of likely N-dealkylation sites (N-methyl/N-ethyl adjacent to an activating group) is 1. The number of carbonyl (C=O) groups excluding carboxylic acids is 2. The molecule has 1 rings (SSSR count). The predicted octanol–water partition coefficient (Wildman–Crippen LogP) is 2.48. The first-order valence-electron chi connectivity index (χ1n) is 8.02. The summed E-state index contributed by atoms with van der Waals surface area (Å²) in [5, 5.41) is 5.84. The highest BCUT2D eigenvalue weighted by molar-refractivity contribution is 5.93. The van der Waals surface area contributed by atoms with Gasteiger partial charge in [0, 0.05) is 11.2 Å². The number of nitrogens with zero attached hydrogens (tertiary/aromatic N) is 1. The molecule has 0 saturated heterocycles. The van der Waals surface area contributed by atoms with E-state index in [0.717, 1.165) is 16.8 Å². The number of amides is 2. The third kappa shape index (κ3) is 6.82. The normalized spacial score (nSPS) is 11.4. The number of benzene rings is 1. The fourth-order valence-corrected chi connectivity index (χ4v) is 2.22. The summed E-state index contributed by atoms with van der Waals surface area (Å²) in [5.74, 6) is -0.178. The standard InChI is InChI=1S/C18H29N3O2/c1-7-21(12-17(23)20-18(4,5)6)11-16(22)19-15-10-8-9-13(2)14(15)3/h8-10H,7,11-12H2,1-6H3,(H,19,22)(H,20,23). The van der Waals surface area contributed by atoms with E-state index < -0.39 is 0 Å². The average molecular weight is 319 g/mol. The quantitative estimate of drug-likeness (QED) is 0.847. The SMILES string of the molecule is CCN(CC(=O)Nc1cccc(C)c1C)CC(=O)NC(C)(C)C. The third-order valence-electron chi connectivity index (χ3n) is 3.57. The molecule has 0 unspecified atom stereocenters. The molecule has 23 heavy (non-hydrogen) atoms. The van der Waals surface area contributed by atoms with Crippen molar-refractivity contribution in [2.45, 2.75) is 47.1 Å². The van der Waals surface area contributed by atoms with E-state index in [1.54, 1.807) is 0 Å². The molecule has 2 amide bonds. The molecule has 0 aromatic heterocycles. The van der Waals surface area contributed by atoms with Crippen LogP contribution in [0.15, 0.2) is 18.2 Å². The monoisotopic (exact) mass is 319 g/mol. The van der Waals surface area contributed by atoms with E-state index in [0.29, 0.717) is 6.54 Å². The van der Waals surface area contributed by atoms with E-state index in [2.05, 4.69) is 10.6 Å². The van der Waals surface area contributed by atoms with E-state index in [-0.39, 0.29) is 30.4 Å². The van der Waals surface area contributed by atoms with Crippen molar-refractivity contribution in [1.29, 1.82) is 0 Å². The van der Waals surface area contributed by atoms with Crippen LogP contribution in [0.5, 0.6) is 0 Å². The molecule has 128 valence electrons. The van der Waals surface area contributed by atoms with Crippen molar-refractivity contribution in [2.75, 3.05) is 25.0 Å². The Morgan fingerprint density at radius 2 is 1.70 bits per heavy atom. The van der Waals surface area contributed by atoms with Crippen LogP contribution in [0, 0.1) is 13.8 Å². The summed E-state index contributed by atoms with van der Waals surface area (Å²) < 4.78 is 0. The maximum atomic E-state index is 12.2. The highest BCUT2D eigenvalue weighted by atomic mass is 16.2. The van der Waals surface area contributed by atoms with E-state index in [9.17, 15) is 9.59 Å². The lowest BCUT2D eigenvalue weighted by molar-refractivity contribution is -0.124. The summed E-state index contributed by atoms with van der Waals surface area (Å²) in [5.41, 5.74) is 2.76. The predicted molar refractivity (Wildman–Crippen MR) is 94.6 cm³/mol. The summed E-state index contributed by atoms with van der Waals surface area (Å²) in [6, 6.07) is 5.83. The average Bonchev–Trinajstić information content (AvgIpc) is 2.41. The van der Waals surface area contributed by atoms with Crippen LogP contribution in [-0.4, -0.2) is 41.9 Å². The topological polar surface area (TPSA) is 61.4 Å². The molecule has 0 atom stereocenters. The van der Waals surface area contributed by atoms with Crippen LogP contribution >= 0.6 is 0 Å². The van der Waals surface area contributed by atoms with Gasteiger partial charge in [0.15, 0.2) is 0 Å². The number of hydrogen-bond donors (Lipinski definition) is 2. The first-order valence-corrected chi connectivity index (χ1v) is 8.02. The van der Waals surface area contributed by atoms with Crippen molar-refractivity contribution in [3.05, 3.63) is 29.3 Å². The third-order valence-corrected chi connectivity index (χ3v) is 3.57. The van der Waals surface area contributed by atoms with Crippen molar-refractivity contribution < 1.29 is 9.59 Å². The maximum Gasteiger partial charge on any atom is 0.238 e. The first-order chi connectivity index (χ1) is 10.6.